The van der Waals surface area contributed by atoms with Gasteiger partial charge in [0.15, 0.2) is 0 Å². The molecule has 0 heterocycles. The summed E-state index contributed by atoms with van der Waals surface area (Å²) in [5, 5.41) is 13.6. The third kappa shape index (κ3) is 2.92. The number of rotatable bonds is 2. The van der Waals surface area contributed by atoms with E-state index in [2.05, 4.69) is 30.8 Å². The molecule has 0 saturated carbocycles. The second kappa shape index (κ2) is 4.30. The van der Waals surface area contributed by atoms with Crippen molar-refractivity contribution < 1.29 is 5.11 Å². The molecular weight excluding hydrogens is 214 g/mol. The molecule has 0 unspecified atom stereocenters. The van der Waals surface area contributed by atoms with Crippen molar-refractivity contribution in [1.29, 1.82) is 0 Å². The zero-order valence-corrected chi connectivity index (χ0v) is 11.0. The second-order valence-corrected chi connectivity index (χ2v) is 5.73. The second-order valence-electron chi connectivity index (χ2n) is 5.73. The molecule has 1 rings (SSSR count). The summed E-state index contributed by atoms with van der Waals surface area (Å²) >= 11 is 0. The Morgan fingerprint density at radius 3 is 2.24 bits per heavy atom. The maximum Gasteiger partial charge on any atom is 0.119 e. The summed E-state index contributed by atoms with van der Waals surface area (Å²) in [6.45, 7) is 9.87. The van der Waals surface area contributed by atoms with Gasteiger partial charge in [-0.15, -0.1) is 0 Å². The first kappa shape index (κ1) is 13.4. The molecule has 1 aromatic rings. The number of benzene rings is 1. The number of aromatic hydroxyl groups is 1. The maximum atomic E-state index is 9.88. The Morgan fingerprint density at radius 1 is 1.18 bits per heavy atom. The molecule has 1 N–H and O–H groups in total. The molecule has 0 bridgehead atoms. The van der Waals surface area contributed by atoms with Crippen molar-refractivity contribution in [3.8, 4) is 5.75 Å². The molecule has 0 fully saturated rings. The van der Waals surface area contributed by atoms with Gasteiger partial charge in [-0.3, -0.25) is 0 Å². The van der Waals surface area contributed by atoms with Crippen molar-refractivity contribution >= 4 is 0 Å². The van der Waals surface area contributed by atoms with E-state index in [-0.39, 0.29) is 11.2 Å². The van der Waals surface area contributed by atoms with E-state index in [1.54, 1.807) is 19.9 Å². The summed E-state index contributed by atoms with van der Waals surface area (Å²) in [6.07, 6.45) is 0. The molecular formula is C13H19N3O. The Hall–Kier alpha value is -1.67. The molecule has 0 spiro atoms. The normalized spacial score (nSPS) is 12.1. The van der Waals surface area contributed by atoms with Crippen molar-refractivity contribution in [2.45, 2.75) is 45.6 Å². The molecule has 0 amide bonds. The number of phenolic OH excluding ortho intramolecular Hbond substituents is 1. The van der Waals surface area contributed by atoms with E-state index in [1.165, 1.54) is 0 Å². The van der Waals surface area contributed by atoms with Gasteiger partial charge in [0, 0.05) is 10.5 Å². The van der Waals surface area contributed by atoms with Crippen LogP contribution < -0.4 is 0 Å². The molecule has 0 atom stereocenters. The van der Waals surface area contributed by atoms with Gasteiger partial charge >= 0.3 is 0 Å². The summed E-state index contributed by atoms with van der Waals surface area (Å²) in [5.74, 6) is 0.162. The number of azide groups is 1. The van der Waals surface area contributed by atoms with Crippen LogP contribution in [0, 0.1) is 0 Å². The van der Waals surface area contributed by atoms with Gasteiger partial charge in [-0.1, -0.05) is 38.0 Å². The Bertz CT molecular complexity index is 466. The SMILES string of the molecule is CC(C)(C)c1ccc(O)c(C(C)(C)N=[N+]=[N-])c1. The average Bonchev–Trinajstić information content (AvgIpc) is 2.15. The molecule has 17 heavy (non-hydrogen) atoms. The highest BCUT2D eigenvalue weighted by Crippen LogP contribution is 2.35. The lowest BCUT2D eigenvalue weighted by atomic mass is 9.83. The van der Waals surface area contributed by atoms with Crippen molar-refractivity contribution in [2.75, 3.05) is 0 Å². The Labute approximate surface area is 102 Å². The first-order valence-corrected chi connectivity index (χ1v) is 5.59. The highest BCUT2D eigenvalue weighted by Gasteiger charge is 2.25. The van der Waals surface area contributed by atoms with Crippen molar-refractivity contribution in [2.24, 2.45) is 5.11 Å². The van der Waals surface area contributed by atoms with Crippen molar-refractivity contribution in [3.05, 3.63) is 39.8 Å². The van der Waals surface area contributed by atoms with E-state index in [0.29, 0.717) is 5.56 Å². The summed E-state index contributed by atoms with van der Waals surface area (Å²) in [5.41, 5.74) is 9.56. The van der Waals surface area contributed by atoms with Crippen LogP contribution in [0.1, 0.15) is 45.7 Å². The predicted molar refractivity (Wildman–Crippen MR) is 69.0 cm³/mol. The number of hydrogen-bond donors (Lipinski definition) is 1. The van der Waals surface area contributed by atoms with Gasteiger partial charge in [-0.2, -0.15) is 0 Å². The van der Waals surface area contributed by atoms with Gasteiger partial charge in [0.25, 0.3) is 0 Å². The van der Waals surface area contributed by atoms with Crippen LogP contribution in [-0.2, 0) is 11.0 Å². The molecule has 0 saturated heterocycles. The quantitative estimate of drug-likeness (QED) is 0.463. The fraction of sp³-hybridized carbons (Fsp3) is 0.538. The van der Waals surface area contributed by atoms with Gasteiger partial charge in [-0.25, -0.2) is 0 Å². The summed E-state index contributed by atoms with van der Waals surface area (Å²) in [6, 6.07) is 5.46. The van der Waals surface area contributed by atoms with E-state index in [1.807, 2.05) is 12.1 Å². The molecule has 4 heteroatoms. The van der Waals surface area contributed by atoms with E-state index in [9.17, 15) is 5.11 Å². The molecule has 0 aromatic heterocycles. The third-order valence-electron chi connectivity index (χ3n) is 2.82. The average molecular weight is 233 g/mol. The zero-order chi connectivity index (χ0) is 13.3. The molecule has 0 aliphatic carbocycles. The maximum absolute atomic E-state index is 9.88. The molecule has 0 aliphatic heterocycles. The van der Waals surface area contributed by atoms with Crippen LogP contribution >= 0.6 is 0 Å². The fourth-order valence-corrected chi connectivity index (χ4v) is 1.66. The summed E-state index contributed by atoms with van der Waals surface area (Å²) in [4.78, 5) is 2.83. The molecule has 0 aliphatic rings. The van der Waals surface area contributed by atoms with E-state index in [0.717, 1.165) is 5.56 Å². The highest BCUT2D eigenvalue weighted by atomic mass is 16.3. The van der Waals surface area contributed by atoms with Crippen LogP contribution in [0.25, 0.3) is 10.4 Å². The Balaban J connectivity index is 3.39. The lowest BCUT2D eigenvalue weighted by Gasteiger charge is -2.25. The topological polar surface area (TPSA) is 69.0 Å². The standard InChI is InChI=1S/C13H19N3O/c1-12(2,3)9-6-7-11(17)10(8-9)13(4,5)15-16-14/h6-8,17H,1-5H3. The summed E-state index contributed by atoms with van der Waals surface area (Å²) in [7, 11) is 0. The first-order chi connectivity index (χ1) is 7.68. The minimum Gasteiger partial charge on any atom is -0.508 e. The van der Waals surface area contributed by atoms with E-state index >= 15 is 0 Å². The van der Waals surface area contributed by atoms with Gasteiger partial charge in [-0.05, 0) is 36.4 Å². The Kier molecular flexibility index (Phi) is 3.39. The van der Waals surface area contributed by atoms with Gasteiger partial charge in [0.2, 0.25) is 0 Å². The number of phenols is 1. The predicted octanol–water partition coefficient (Wildman–Crippen LogP) is 4.24. The van der Waals surface area contributed by atoms with Crippen LogP contribution in [0.15, 0.2) is 23.3 Å². The first-order valence-electron chi connectivity index (χ1n) is 5.59. The third-order valence-corrected chi connectivity index (χ3v) is 2.82. The lowest BCUT2D eigenvalue weighted by Crippen LogP contribution is -2.17. The van der Waals surface area contributed by atoms with Crippen LogP contribution in [0.5, 0.6) is 5.75 Å². The van der Waals surface area contributed by atoms with Crippen LogP contribution in [0.2, 0.25) is 0 Å². The van der Waals surface area contributed by atoms with Crippen molar-refractivity contribution in [1.82, 2.24) is 0 Å². The van der Waals surface area contributed by atoms with Crippen LogP contribution in [0.4, 0.5) is 0 Å². The lowest BCUT2D eigenvalue weighted by molar-refractivity contribution is 0.437. The summed E-state index contributed by atoms with van der Waals surface area (Å²) < 4.78 is 0. The Morgan fingerprint density at radius 2 is 1.76 bits per heavy atom. The van der Waals surface area contributed by atoms with E-state index < -0.39 is 5.54 Å². The highest BCUT2D eigenvalue weighted by molar-refractivity contribution is 5.42. The molecule has 4 nitrogen and oxygen atoms in total. The smallest absolute Gasteiger partial charge is 0.119 e. The minimum atomic E-state index is -0.750. The molecule has 1 aromatic carbocycles. The largest absolute Gasteiger partial charge is 0.508 e. The number of nitrogens with zero attached hydrogens (tertiary/aromatic N) is 3. The monoisotopic (exact) mass is 233 g/mol. The van der Waals surface area contributed by atoms with Crippen molar-refractivity contribution in [3.63, 3.8) is 0 Å². The zero-order valence-electron chi connectivity index (χ0n) is 11.0. The van der Waals surface area contributed by atoms with E-state index in [4.69, 9.17) is 5.53 Å². The van der Waals surface area contributed by atoms with Gasteiger partial charge in [0.05, 0.1) is 5.54 Å². The van der Waals surface area contributed by atoms with Gasteiger partial charge < -0.3 is 5.11 Å². The van der Waals surface area contributed by atoms with Crippen LogP contribution in [0.3, 0.4) is 0 Å². The van der Waals surface area contributed by atoms with Gasteiger partial charge in [0.1, 0.15) is 5.75 Å². The minimum absolute atomic E-state index is 0.00507. The molecule has 0 radical (unpaired) electrons. The van der Waals surface area contributed by atoms with Crippen LogP contribution in [-0.4, -0.2) is 5.11 Å². The fourth-order valence-electron chi connectivity index (χ4n) is 1.66. The molecule has 92 valence electrons. The number of hydrogen-bond acceptors (Lipinski definition) is 2.